The quantitative estimate of drug-likeness (QED) is 0.818. The van der Waals surface area contributed by atoms with Crippen molar-refractivity contribution in [2.45, 2.75) is 31.4 Å². The van der Waals surface area contributed by atoms with Crippen LogP contribution < -0.4 is 5.32 Å². The Labute approximate surface area is 153 Å². The summed E-state index contributed by atoms with van der Waals surface area (Å²) < 4.78 is 28.7. The van der Waals surface area contributed by atoms with Gasteiger partial charge in [0.25, 0.3) is 11.8 Å². The van der Waals surface area contributed by atoms with Crippen molar-refractivity contribution in [3.63, 3.8) is 0 Å². The number of amides is 2. The molecule has 0 aliphatic carbocycles. The Kier molecular flexibility index (Phi) is 5.62. The molecule has 7 nitrogen and oxygen atoms in total. The molecule has 2 heterocycles. The van der Waals surface area contributed by atoms with Crippen molar-refractivity contribution in [3.05, 3.63) is 35.4 Å². The van der Waals surface area contributed by atoms with Crippen molar-refractivity contribution in [1.29, 1.82) is 0 Å². The highest BCUT2D eigenvalue weighted by Crippen LogP contribution is 2.19. The van der Waals surface area contributed by atoms with Gasteiger partial charge in [0.05, 0.1) is 17.6 Å². The number of nitrogens with one attached hydrogen (secondary N) is 1. The minimum Gasteiger partial charge on any atom is -0.376 e. The fourth-order valence-corrected chi connectivity index (χ4v) is 5.13. The summed E-state index contributed by atoms with van der Waals surface area (Å²) >= 11 is 0. The molecule has 26 heavy (non-hydrogen) atoms. The smallest absolute Gasteiger partial charge is 0.253 e. The molecule has 2 aliphatic heterocycles. The maximum Gasteiger partial charge on any atom is 0.253 e. The Morgan fingerprint density at radius 3 is 2.69 bits per heavy atom. The second kappa shape index (κ2) is 7.75. The van der Waals surface area contributed by atoms with Crippen LogP contribution in [0.25, 0.3) is 0 Å². The summed E-state index contributed by atoms with van der Waals surface area (Å²) in [6.45, 7) is 1.19. The Bertz CT molecular complexity index is 787. The lowest BCUT2D eigenvalue weighted by Gasteiger charge is -2.23. The maximum atomic E-state index is 12.7. The van der Waals surface area contributed by atoms with Gasteiger partial charge in [0, 0.05) is 37.4 Å². The van der Waals surface area contributed by atoms with Gasteiger partial charge in [0.15, 0.2) is 9.84 Å². The molecule has 0 aromatic heterocycles. The van der Waals surface area contributed by atoms with E-state index in [-0.39, 0.29) is 35.5 Å². The van der Waals surface area contributed by atoms with Gasteiger partial charge in [-0.05, 0) is 37.5 Å². The van der Waals surface area contributed by atoms with Gasteiger partial charge in [-0.1, -0.05) is 6.07 Å². The summed E-state index contributed by atoms with van der Waals surface area (Å²) in [5.74, 6) is -0.417. The Balaban J connectivity index is 1.64. The van der Waals surface area contributed by atoms with E-state index in [1.54, 1.807) is 31.3 Å². The number of carbonyl (C=O) groups excluding carboxylic acids is 2. The van der Waals surface area contributed by atoms with Crippen molar-refractivity contribution in [3.8, 4) is 0 Å². The first-order valence-corrected chi connectivity index (χ1v) is 10.7. The van der Waals surface area contributed by atoms with Gasteiger partial charge in [0.2, 0.25) is 0 Å². The van der Waals surface area contributed by atoms with Crippen molar-refractivity contribution >= 4 is 21.7 Å². The second-order valence-electron chi connectivity index (χ2n) is 6.90. The Morgan fingerprint density at radius 2 is 2.04 bits per heavy atom. The van der Waals surface area contributed by atoms with Crippen LogP contribution in [0.2, 0.25) is 0 Å². The molecule has 2 unspecified atom stereocenters. The Morgan fingerprint density at radius 1 is 1.27 bits per heavy atom. The van der Waals surface area contributed by atoms with Crippen molar-refractivity contribution in [1.82, 2.24) is 10.2 Å². The first-order valence-electron chi connectivity index (χ1n) is 8.83. The summed E-state index contributed by atoms with van der Waals surface area (Å²) in [4.78, 5) is 26.4. The summed E-state index contributed by atoms with van der Waals surface area (Å²) in [6.07, 6.45) is 2.45. The van der Waals surface area contributed by atoms with Crippen LogP contribution in [0.5, 0.6) is 0 Å². The molecule has 1 N–H and O–H groups in total. The van der Waals surface area contributed by atoms with E-state index in [4.69, 9.17) is 4.74 Å². The van der Waals surface area contributed by atoms with E-state index in [0.29, 0.717) is 24.1 Å². The predicted molar refractivity (Wildman–Crippen MR) is 96.9 cm³/mol. The zero-order valence-electron chi connectivity index (χ0n) is 14.8. The lowest BCUT2D eigenvalue weighted by atomic mass is 10.1. The third kappa shape index (κ3) is 4.42. The highest BCUT2D eigenvalue weighted by atomic mass is 32.2. The number of hydrogen-bond acceptors (Lipinski definition) is 5. The SMILES string of the molecule is CN(C(=O)c1cccc(C(=O)NCC2CCCO2)c1)C1CCS(=O)(=O)C1. The van der Waals surface area contributed by atoms with Gasteiger partial charge in [-0.2, -0.15) is 0 Å². The fourth-order valence-electron chi connectivity index (χ4n) is 3.36. The highest BCUT2D eigenvalue weighted by molar-refractivity contribution is 7.91. The molecule has 1 aromatic carbocycles. The number of hydrogen-bond donors (Lipinski definition) is 1. The third-order valence-corrected chi connectivity index (χ3v) is 6.71. The molecule has 1 aromatic rings. The second-order valence-corrected chi connectivity index (χ2v) is 9.13. The van der Waals surface area contributed by atoms with E-state index < -0.39 is 9.84 Å². The van der Waals surface area contributed by atoms with E-state index in [0.717, 1.165) is 19.4 Å². The molecule has 0 saturated carbocycles. The molecule has 3 rings (SSSR count). The van der Waals surface area contributed by atoms with Gasteiger partial charge in [-0.3, -0.25) is 9.59 Å². The van der Waals surface area contributed by atoms with Crippen molar-refractivity contribution < 1.29 is 22.7 Å². The lowest BCUT2D eigenvalue weighted by Crippen LogP contribution is -2.38. The molecular formula is C18H24N2O5S. The van der Waals surface area contributed by atoms with Crippen LogP contribution in [0.3, 0.4) is 0 Å². The summed E-state index contributed by atoms with van der Waals surface area (Å²) in [5, 5.41) is 2.83. The Hall–Kier alpha value is -1.93. The summed E-state index contributed by atoms with van der Waals surface area (Å²) in [7, 11) is -1.45. The van der Waals surface area contributed by atoms with Crippen LogP contribution in [0.1, 0.15) is 40.0 Å². The highest BCUT2D eigenvalue weighted by Gasteiger charge is 2.33. The molecule has 0 radical (unpaired) electrons. The lowest BCUT2D eigenvalue weighted by molar-refractivity contribution is 0.0747. The minimum atomic E-state index is -3.06. The summed E-state index contributed by atoms with van der Waals surface area (Å²) in [6, 6.07) is 6.19. The molecule has 0 spiro atoms. The molecule has 0 bridgehead atoms. The molecule has 2 amide bonds. The van der Waals surface area contributed by atoms with Crippen LogP contribution in [0.4, 0.5) is 0 Å². The van der Waals surface area contributed by atoms with Crippen LogP contribution in [-0.2, 0) is 14.6 Å². The average Bonchev–Trinajstić information content (AvgIpc) is 3.27. The van der Waals surface area contributed by atoms with Gasteiger partial charge in [-0.15, -0.1) is 0 Å². The third-order valence-electron chi connectivity index (χ3n) is 4.96. The van der Waals surface area contributed by atoms with Crippen LogP contribution in [0.15, 0.2) is 24.3 Å². The molecule has 2 aliphatic rings. The zero-order valence-corrected chi connectivity index (χ0v) is 15.6. The number of benzene rings is 1. The van der Waals surface area contributed by atoms with Gasteiger partial charge in [0.1, 0.15) is 0 Å². The van der Waals surface area contributed by atoms with E-state index in [2.05, 4.69) is 5.32 Å². The zero-order chi connectivity index (χ0) is 18.7. The molecule has 8 heteroatoms. The molecule has 2 saturated heterocycles. The van der Waals surface area contributed by atoms with Crippen molar-refractivity contribution in [2.75, 3.05) is 31.7 Å². The van der Waals surface area contributed by atoms with E-state index in [1.807, 2.05) is 0 Å². The van der Waals surface area contributed by atoms with Gasteiger partial charge < -0.3 is 15.0 Å². The monoisotopic (exact) mass is 380 g/mol. The van der Waals surface area contributed by atoms with Gasteiger partial charge >= 0.3 is 0 Å². The van der Waals surface area contributed by atoms with Gasteiger partial charge in [-0.25, -0.2) is 8.42 Å². The number of carbonyl (C=O) groups is 2. The van der Waals surface area contributed by atoms with Crippen molar-refractivity contribution in [2.24, 2.45) is 0 Å². The van der Waals surface area contributed by atoms with Crippen LogP contribution in [0, 0.1) is 0 Å². The predicted octanol–water partition coefficient (Wildman–Crippen LogP) is 0.855. The first kappa shape index (κ1) is 18.8. The molecule has 2 atom stereocenters. The average molecular weight is 380 g/mol. The number of sulfone groups is 1. The van der Waals surface area contributed by atoms with E-state index in [1.165, 1.54) is 4.90 Å². The van der Waals surface area contributed by atoms with E-state index >= 15 is 0 Å². The number of rotatable bonds is 5. The summed E-state index contributed by atoms with van der Waals surface area (Å²) in [5.41, 5.74) is 0.780. The molecule has 142 valence electrons. The normalized spacial score (nSPS) is 24.3. The number of ether oxygens (including phenoxy) is 1. The fraction of sp³-hybridized carbons (Fsp3) is 0.556. The maximum absolute atomic E-state index is 12.7. The largest absolute Gasteiger partial charge is 0.376 e. The van der Waals surface area contributed by atoms with Crippen LogP contribution in [-0.4, -0.2) is 69.0 Å². The minimum absolute atomic E-state index is 0.00317. The molecule has 2 fully saturated rings. The van der Waals surface area contributed by atoms with Crippen LogP contribution >= 0.6 is 0 Å². The molecular weight excluding hydrogens is 356 g/mol. The van der Waals surface area contributed by atoms with E-state index in [9.17, 15) is 18.0 Å². The first-order chi connectivity index (χ1) is 12.4. The number of nitrogens with zero attached hydrogens (tertiary/aromatic N) is 1. The standard InChI is InChI=1S/C18H24N2O5S/c1-20(15-7-9-26(23,24)12-15)18(22)14-5-2-4-13(10-14)17(21)19-11-16-6-3-8-25-16/h2,4-5,10,15-16H,3,6-9,11-12H2,1H3,(H,19,21). The topological polar surface area (TPSA) is 92.8 Å².